The average Bonchev–Trinajstić information content (AvgIpc) is 3.33. The van der Waals surface area contributed by atoms with Crippen LogP contribution in [0.3, 0.4) is 0 Å². The smallest absolute Gasteiger partial charge is 0.107 e. The summed E-state index contributed by atoms with van der Waals surface area (Å²) in [5, 5.41) is 1.76. The predicted octanol–water partition coefficient (Wildman–Crippen LogP) is 8.46. The molecule has 30 heavy (non-hydrogen) atoms. The molecule has 0 saturated heterocycles. The van der Waals surface area contributed by atoms with Crippen LogP contribution < -0.4 is 5.30 Å². The first-order chi connectivity index (χ1) is 13.5. The third-order valence-corrected chi connectivity index (χ3v) is 13.1. The summed E-state index contributed by atoms with van der Waals surface area (Å²) in [6, 6.07) is 10.2. The molecule has 3 rings (SSSR count). The van der Waals surface area contributed by atoms with Gasteiger partial charge in [0.2, 0.25) is 0 Å². The van der Waals surface area contributed by atoms with Crippen molar-refractivity contribution in [3.8, 4) is 0 Å². The van der Waals surface area contributed by atoms with E-state index in [1.807, 2.05) is 18.2 Å². The van der Waals surface area contributed by atoms with Crippen molar-refractivity contribution in [2.75, 3.05) is 0 Å². The monoisotopic (exact) mass is 492 g/mol. The summed E-state index contributed by atoms with van der Waals surface area (Å²) in [6.45, 7) is 16.9. The molecule has 1 aromatic rings. The predicted molar refractivity (Wildman–Crippen MR) is 135 cm³/mol. The quantitative estimate of drug-likeness (QED) is 0.304. The Kier molecular flexibility index (Phi) is 11.9. The van der Waals surface area contributed by atoms with E-state index < -0.39 is 7.80 Å². The molecule has 0 amide bonds. The fraction of sp³-hybridized carbons (Fsp3) is 0.769. The van der Waals surface area contributed by atoms with Gasteiger partial charge in [-0.05, 0) is 34.7 Å². The molecule has 2 unspecified atom stereocenters. The van der Waals surface area contributed by atoms with Crippen molar-refractivity contribution in [2.24, 2.45) is 5.92 Å². The normalized spacial score (nSPS) is 24.0. The minimum atomic E-state index is -1.70. The molecule has 1 nitrogen and oxygen atoms in total. The second kappa shape index (κ2) is 12.6. The number of rotatable bonds is 4. The van der Waals surface area contributed by atoms with Crippen molar-refractivity contribution in [1.29, 1.82) is 0 Å². The maximum atomic E-state index is 13.3. The van der Waals surface area contributed by atoms with Gasteiger partial charge in [-0.15, -0.1) is 0 Å². The van der Waals surface area contributed by atoms with E-state index >= 15 is 0 Å². The molecule has 0 radical (unpaired) electrons. The largest absolute Gasteiger partial charge is 0.322 e. The van der Waals surface area contributed by atoms with Crippen molar-refractivity contribution in [3.05, 3.63) is 30.3 Å². The molecule has 4 atom stereocenters. The summed E-state index contributed by atoms with van der Waals surface area (Å²) < 4.78 is 13.3. The van der Waals surface area contributed by atoms with Crippen molar-refractivity contribution in [2.45, 2.75) is 121 Å². The van der Waals surface area contributed by atoms with Gasteiger partial charge in [0.1, 0.15) is 7.80 Å². The van der Waals surface area contributed by atoms with Crippen LogP contribution in [0.15, 0.2) is 30.3 Å². The van der Waals surface area contributed by atoms with Crippen LogP contribution in [0.1, 0.15) is 99.8 Å². The van der Waals surface area contributed by atoms with E-state index in [9.17, 15) is 4.57 Å². The van der Waals surface area contributed by atoms with Crippen LogP contribution >= 0.6 is 15.7 Å². The minimum Gasteiger partial charge on any atom is -0.322 e. The van der Waals surface area contributed by atoms with E-state index in [-0.39, 0.29) is 25.0 Å². The molecule has 2 fully saturated rings. The molecule has 0 N–H and O–H groups in total. The Balaban J connectivity index is 0.000000655. The molecule has 174 valence electrons. The van der Waals surface area contributed by atoms with Gasteiger partial charge in [0, 0.05) is 28.0 Å². The summed E-state index contributed by atoms with van der Waals surface area (Å²) in [7, 11) is -1.86. The zero-order valence-corrected chi connectivity index (χ0v) is 23.5. The summed E-state index contributed by atoms with van der Waals surface area (Å²) in [5.74, 6) is 0.626. The standard InChI is InChI=1S/C21H36OP2.C5H10.Fe/c1-16(24(20(2,3)4)21(5,6)7)18-14-11-15-19(18)23(22)17-12-9-8-10-13-17;1-2-4-5-3-1;/h8-10,12-13,16,18-19,23H,11,14-15H2,1-7H3;1-5H2;/t16-,18?,19?;;/m0../s1. The third-order valence-electron chi connectivity index (χ3n) is 6.69. The molecular formula is C26H46FeOP2. The molecule has 0 heterocycles. The molecule has 4 heteroatoms. The molecule has 2 saturated carbocycles. The van der Waals surface area contributed by atoms with Crippen molar-refractivity contribution < 1.29 is 21.6 Å². The fourth-order valence-corrected chi connectivity index (χ4v) is 13.6. The number of hydrogen-bond acceptors (Lipinski definition) is 1. The molecule has 0 spiro atoms. The van der Waals surface area contributed by atoms with E-state index in [0.29, 0.717) is 27.5 Å². The maximum Gasteiger partial charge on any atom is 0.107 e. The first-order valence-corrected chi connectivity index (χ1v) is 14.8. The van der Waals surface area contributed by atoms with Crippen molar-refractivity contribution in [3.63, 3.8) is 0 Å². The van der Waals surface area contributed by atoms with Gasteiger partial charge in [-0.1, -0.05) is 125 Å². The Bertz CT molecular complexity index is 607. The Hall–Kier alpha value is 0.399. The van der Waals surface area contributed by atoms with E-state index in [0.717, 1.165) is 11.7 Å². The van der Waals surface area contributed by atoms with E-state index in [1.165, 1.54) is 44.9 Å². The summed E-state index contributed by atoms with van der Waals surface area (Å²) >= 11 is 0. The number of hydrogen-bond donors (Lipinski definition) is 0. The summed E-state index contributed by atoms with van der Waals surface area (Å²) in [4.78, 5) is 0. The van der Waals surface area contributed by atoms with E-state index in [1.54, 1.807) is 0 Å². The first kappa shape index (κ1) is 28.4. The molecule has 1 aromatic carbocycles. The average molecular weight is 492 g/mol. The van der Waals surface area contributed by atoms with Gasteiger partial charge in [0.15, 0.2) is 0 Å². The Labute approximate surface area is 200 Å². The maximum absolute atomic E-state index is 13.3. The van der Waals surface area contributed by atoms with Gasteiger partial charge in [-0.25, -0.2) is 0 Å². The second-order valence-electron chi connectivity index (χ2n) is 11.2. The van der Waals surface area contributed by atoms with Crippen LogP contribution in [0.4, 0.5) is 0 Å². The zero-order valence-electron chi connectivity index (χ0n) is 20.5. The van der Waals surface area contributed by atoms with Crippen LogP contribution in [0, 0.1) is 5.92 Å². The molecule has 2 aliphatic rings. The van der Waals surface area contributed by atoms with Gasteiger partial charge >= 0.3 is 0 Å². The topological polar surface area (TPSA) is 17.1 Å². The molecule has 0 aromatic heterocycles. The van der Waals surface area contributed by atoms with Crippen LogP contribution in [-0.4, -0.2) is 21.6 Å². The molecule has 0 aliphatic heterocycles. The zero-order chi connectivity index (χ0) is 21.7. The van der Waals surface area contributed by atoms with Crippen LogP contribution in [0.5, 0.6) is 0 Å². The molecular weight excluding hydrogens is 446 g/mol. The third kappa shape index (κ3) is 8.07. The van der Waals surface area contributed by atoms with Crippen LogP contribution in [-0.2, 0) is 21.6 Å². The Morgan fingerprint density at radius 2 is 1.30 bits per heavy atom. The number of benzene rings is 1. The van der Waals surface area contributed by atoms with Crippen molar-refractivity contribution >= 4 is 21.0 Å². The molecule has 2 aliphatic carbocycles. The van der Waals surface area contributed by atoms with E-state index in [4.69, 9.17) is 0 Å². The summed E-state index contributed by atoms with van der Waals surface area (Å²) in [5.41, 5.74) is 1.08. The first-order valence-electron chi connectivity index (χ1n) is 11.9. The second-order valence-corrected chi connectivity index (χ2v) is 17.4. The fourth-order valence-electron chi connectivity index (χ4n) is 6.01. The van der Waals surface area contributed by atoms with Gasteiger partial charge < -0.3 is 4.57 Å². The van der Waals surface area contributed by atoms with Gasteiger partial charge in [-0.2, -0.15) is 0 Å². The SMILES string of the molecule is C1CCCC1.C[C@@H](C1CCCC1[P@@H](=O)c1ccccc1)P(C(C)(C)C)C(C)(C)C.[Fe]. The summed E-state index contributed by atoms with van der Waals surface area (Å²) in [6.07, 6.45) is 11.2. The minimum absolute atomic E-state index is 0. The Morgan fingerprint density at radius 3 is 1.73 bits per heavy atom. The van der Waals surface area contributed by atoms with E-state index in [2.05, 4.69) is 60.6 Å². The molecule has 0 bridgehead atoms. The Morgan fingerprint density at radius 1 is 0.833 bits per heavy atom. The van der Waals surface area contributed by atoms with Crippen LogP contribution in [0.2, 0.25) is 0 Å². The van der Waals surface area contributed by atoms with Crippen LogP contribution in [0.25, 0.3) is 0 Å². The van der Waals surface area contributed by atoms with Crippen molar-refractivity contribution in [1.82, 2.24) is 0 Å². The van der Waals surface area contributed by atoms with Gasteiger partial charge in [0.25, 0.3) is 0 Å². The van der Waals surface area contributed by atoms with Gasteiger partial charge in [-0.3, -0.25) is 0 Å². The van der Waals surface area contributed by atoms with Gasteiger partial charge in [0.05, 0.1) is 0 Å².